The summed E-state index contributed by atoms with van der Waals surface area (Å²) in [6.45, 7) is 4.01. The van der Waals surface area contributed by atoms with Crippen molar-refractivity contribution in [2.75, 3.05) is 6.54 Å². The second-order valence-electron chi connectivity index (χ2n) is 4.19. The van der Waals surface area contributed by atoms with E-state index in [0.717, 1.165) is 5.52 Å². The van der Waals surface area contributed by atoms with Gasteiger partial charge in [-0.1, -0.05) is 12.1 Å². The molecule has 0 aliphatic carbocycles. The largest absolute Gasteiger partial charge is 0.298 e. The highest BCUT2D eigenvalue weighted by atomic mass is 32.2. The minimum absolute atomic E-state index is 0.0937. The number of para-hydroxylation sites is 2. The Morgan fingerprint density at radius 2 is 2.00 bits per heavy atom. The SMILES string of the molecule is CCN1C(C)=Cn2c(nc3ccccc32)S1(=O)=O. The molecule has 0 N–H and O–H groups in total. The molecule has 2 heterocycles. The number of hydrogen-bond acceptors (Lipinski definition) is 3. The van der Waals surface area contributed by atoms with Crippen molar-refractivity contribution in [2.24, 2.45) is 0 Å². The van der Waals surface area contributed by atoms with E-state index in [2.05, 4.69) is 4.98 Å². The number of sulfonamides is 1. The average molecular weight is 263 g/mol. The predicted octanol–water partition coefficient (Wildman–Crippen LogP) is 1.88. The van der Waals surface area contributed by atoms with Gasteiger partial charge in [0.25, 0.3) is 15.2 Å². The van der Waals surface area contributed by atoms with Gasteiger partial charge >= 0.3 is 0 Å². The first-order valence-electron chi connectivity index (χ1n) is 5.74. The fraction of sp³-hybridized carbons (Fsp3) is 0.250. The minimum atomic E-state index is -3.53. The molecule has 1 aliphatic rings. The van der Waals surface area contributed by atoms with Crippen molar-refractivity contribution in [2.45, 2.75) is 19.0 Å². The first-order valence-corrected chi connectivity index (χ1v) is 7.18. The molecule has 0 bridgehead atoms. The maximum absolute atomic E-state index is 12.4. The van der Waals surface area contributed by atoms with Gasteiger partial charge in [0.1, 0.15) is 0 Å². The van der Waals surface area contributed by atoms with Gasteiger partial charge in [0.2, 0.25) is 0 Å². The molecule has 94 valence electrons. The third-order valence-electron chi connectivity index (χ3n) is 3.08. The lowest BCUT2D eigenvalue weighted by atomic mass is 10.3. The van der Waals surface area contributed by atoms with Crippen molar-refractivity contribution >= 4 is 27.3 Å². The van der Waals surface area contributed by atoms with Crippen molar-refractivity contribution in [1.82, 2.24) is 13.9 Å². The maximum Gasteiger partial charge on any atom is 0.298 e. The van der Waals surface area contributed by atoms with E-state index in [4.69, 9.17) is 0 Å². The first-order chi connectivity index (χ1) is 8.55. The van der Waals surface area contributed by atoms with Crippen LogP contribution in [0.3, 0.4) is 0 Å². The number of rotatable bonds is 1. The summed E-state index contributed by atoms with van der Waals surface area (Å²) in [5.74, 6) is 0. The lowest BCUT2D eigenvalue weighted by Crippen LogP contribution is -2.34. The normalized spacial score (nSPS) is 17.7. The van der Waals surface area contributed by atoms with E-state index >= 15 is 0 Å². The van der Waals surface area contributed by atoms with Crippen molar-refractivity contribution in [3.8, 4) is 0 Å². The number of aromatic nitrogens is 2. The van der Waals surface area contributed by atoms with Crippen LogP contribution < -0.4 is 0 Å². The van der Waals surface area contributed by atoms with Crippen molar-refractivity contribution in [1.29, 1.82) is 0 Å². The molecule has 3 rings (SSSR count). The lowest BCUT2D eigenvalue weighted by molar-refractivity contribution is 0.476. The standard InChI is InChI=1S/C12H13N3O2S/c1-3-15-9(2)8-14-11-7-5-4-6-10(11)13-12(14)18(15,16)17/h4-8H,3H2,1-2H3. The van der Waals surface area contributed by atoms with Gasteiger partial charge in [-0.05, 0) is 26.0 Å². The zero-order valence-electron chi connectivity index (χ0n) is 10.2. The Balaban J connectivity index is 2.41. The van der Waals surface area contributed by atoms with Crippen LogP contribution >= 0.6 is 0 Å². The van der Waals surface area contributed by atoms with Crippen LogP contribution in [0.1, 0.15) is 13.8 Å². The third kappa shape index (κ3) is 1.32. The summed E-state index contributed by atoms with van der Waals surface area (Å²) in [6, 6.07) is 7.41. The number of fused-ring (bicyclic) bond motifs is 3. The summed E-state index contributed by atoms with van der Waals surface area (Å²) in [5, 5.41) is 0.0937. The van der Waals surface area contributed by atoms with Crippen molar-refractivity contribution < 1.29 is 8.42 Å². The van der Waals surface area contributed by atoms with Gasteiger partial charge in [-0.25, -0.2) is 4.98 Å². The second-order valence-corrected chi connectivity index (χ2v) is 5.95. The molecular formula is C12H13N3O2S. The van der Waals surface area contributed by atoms with E-state index < -0.39 is 10.0 Å². The van der Waals surface area contributed by atoms with Crippen molar-refractivity contribution in [3.05, 3.63) is 30.0 Å². The highest BCUT2D eigenvalue weighted by Crippen LogP contribution is 2.29. The second kappa shape index (κ2) is 3.58. The summed E-state index contributed by atoms with van der Waals surface area (Å²) in [6.07, 6.45) is 1.81. The molecule has 2 aromatic rings. The minimum Gasteiger partial charge on any atom is -0.287 e. The summed E-state index contributed by atoms with van der Waals surface area (Å²) >= 11 is 0. The van der Waals surface area contributed by atoms with Crippen LogP contribution in [0.25, 0.3) is 17.2 Å². The molecule has 0 fully saturated rings. The summed E-state index contributed by atoms with van der Waals surface area (Å²) in [5.41, 5.74) is 2.21. The smallest absolute Gasteiger partial charge is 0.287 e. The van der Waals surface area contributed by atoms with Gasteiger partial charge in [-0.2, -0.15) is 8.42 Å². The maximum atomic E-state index is 12.4. The summed E-state index contributed by atoms with van der Waals surface area (Å²) < 4.78 is 27.8. The highest BCUT2D eigenvalue weighted by Gasteiger charge is 2.33. The molecule has 0 saturated heterocycles. The number of imidazole rings is 1. The molecule has 0 atom stereocenters. The number of hydrogen-bond donors (Lipinski definition) is 0. The van der Waals surface area contributed by atoms with Gasteiger partial charge in [0, 0.05) is 18.4 Å². The fourth-order valence-electron chi connectivity index (χ4n) is 2.29. The molecule has 0 radical (unpaired) electrons. The Morgan fingerprint density at radius 3 is 2.72 bits per heavy atom. The van der Waals surface area contributed by atoms with Gasteiger partial charge in [-0.3, -0.25) is 8.87 Å². The van der Waals surface area contributed by atoms with Gasteiger partial charge in [0.15, 0.2) is 0 Å². The molecule has 0 spiro atoms. The topological polar surface area (TPSA) is 55.2 Å². The Morgan fingerprint density at radius 1 is 1.28 bits per heavy atom. The molecule has 5 nitrogen and oxygen atoms in total. The number of nitrogens with zero attached hydrogens (tertiary/aromatic N) is 3. The number of benzene rings is 1. The van der Waals surface area contributed by atoms with E-state index in [1.807, 2.05) is 37.4 Å². The molecular weight excluding hydrogens is 250 g/mol. The molecule has 1 aromatic carbocycles. The van der Waals surface area contributed by atoms with Gasteiger partial charge < -0.3 is 0 Å². The van der Waals surface area contributed by atoms with Crippen LogP contribution in [0.5, 0.6) is 0 Å². The number of allylic oxidation sites excluding steroid dienone is 1. The van der Waals surface area contributed by atoms with E-state index in [1.165, 1.54) is 4.31 Å². The molecule has 18 heavy (non-hydrogen) atoms. The van der Waals surface area contributed by atoms with Gasteiger partial charge in [-0.15, -0.1) is 0 Å². The third-order valence-corrected chi connectivity index (χ3v) is 4.96. The van der Waals surface area contributed by atoms with Crippen LogP contribution in [0.2, 0.25) is 0 Å². The lowest BCUT2D eigenvalue weighted by Gasteiger charge is -2.26. The van der Waals surface area contributed by atoms with Crippen LogP contribution in [-0.4, -0.2) is 28.8 Å². The predicted molar refractivity (Wildman–Crippen MR) is 69.2 cm³/mol. The molecule has 1 aliphatic heterocycles. The molecule has 0 saturated carbocycles. The van der Waals surface area contributed by atoms with E-state index in [0.29, 0.717) is 17.8 Å². The molecule has 1 aromatic heterocycles. The van der Waals surface area contributed by atoms with Crippen LogP contribution in [0.4, 0.5) is 0 Å². The Kier molecular flexibility index (Phi) is 2.25. The summed E-state index contributed by atoms with van der Waals surface area (Å²) in [7, 11) is -3.53. The Bertz CT molecular complexity index is 759. The Labute approximate surface area is 105 Å². The van der Waals surface area contributed by atoms with E-state index in [-0.39, 0.29) is 5.16 Å². The van der Waals surface area contributed by atoms with Crippen LogP contribution in [0.15, 0.2) is 35.1 Å². The van der Waals surface area contributed by atoms with Crippen LogP contribution in [0, 0.1) is 0 Å². The van der Waals surface area contributed by atoms with Crippen molar-refractivity contribution in [3.63, 3.8) is 0 Å². The first kappa shape index (κ1) is 11.3. The van der Waals surface area contributed by atoms with E-state index in [1.54, 1.807) is 11.5 Å². The average Bonchev–Trinajstić information content (AvgIpc) is 2.69. The highest BCUT2D eigenvalue weighted by molar-refractivity contribution is 7.89. The zero-order chi connectivity index (χ0) is 12.9. The monoisotopic (exact) mass is 263 g/mol. The molecule has 6 heteroatoms. The van der Waals surface area contributed by atoms with Gasteiger partial charge in [0.05, 0.1) is 11.0 Å². The fourth-order valence-corrected chi connectivity index (χ4v) is 3.86. The molecule has 0 unspecified atom stereocenters. The zero-order valence-corrected chi connectivity index (χ0v) is 11.0. The molecule has 0 amide bonds. The van der Waals surface area contributed by atoms with Crippen LogP contribution in [-0.2, 0) is 10.0 Å². The quantitative estimate of drug-likeness (QED) is 0.789. The Hall–Kier alpha value is -1.82. The summed E-state index contributed by atoms with van der Waals surface area (Å²) in [4.78, 5) is 4.23. The van der Waals surface area contributed by atoms with E-state index in [9.17, 15) is 8.42 Å².